The van der Waals surface area contributed by atoms with Crippen molar-refractivity contribution in [2.24, 2.45) is 11.8 Å². The molecule has 3 rings (SSSR count). The maximum Gasteiger partial charge on any atom is 0.336 e. The van der Waals surface area contributed by atoms with Gasteiger partial charge in [0.25, 0.3) is 0 Å². The van der Waals surface area contributed by atoms with Crippen LogP contribution in [0, 0.1) is 11.8 Å². The molecule has 2 aliphatic rings. The van der Waals surface area contributed by atoms with Gasteiger partial charge in [-0.1, -0.05) is 24.6 Å². The highest BCUT2D eigenvalue weighted by molar-refractivity contribution is 5.89. The van der Waals surface area contributed by atoms with Crippen LogP contribution in [0.2, 0.25) is 0 Å². The molecule has 96 valence electrons. The number of likely N-dealkylation sites (tertiary alicyclic amines) is 1. The summed E-state index contributed by atoms with van der Waals surface area (Å²) in [7, 11) is 0. The first-order valence-electron chi connectivity index (χ1n) is 6.77. The number of benzene rings is 1. The molecule has 1 saturated carbocycles. The van der Waals surface area contributed by atoms with Crippen molar-refractivity contribution in [1.29, 1.82) is 0 Å². The van der Waals surface area contributed by atoms with Crippen LogP contribution in [0.25, 0.3) is 0 Å². The molecule has 1 N–H and O–H groups in total. The lowest BCUT2D eigenvalue weighted by molar-refractivity contribution is 0.0694. The number of carbonyl (C=O) groups is 1. The number of hydrogen-bond acceptors (Lipinski definition) is 2. The summed E-state index contributed by atoms with van der Waals surface area (Å²) >= 11 is 0. The van der Waals surface area contributed by atoms with E-state index in [1.165, 1.54) is 19.3 Å². The van der Waals surface area contributed by atoms with Crippen LogP contribution in [0.4, 0.5) is 0 Å². The SMILES string of the molecule is O=C(O)c1ccccc1CN1CC2CCCC2C1. The Kier molecular flexibility index (Phi) is 3.08. The van der Waals surface area contributed by atoms with Gasteiger partial charge in [0.2, 0.25) is 0 Å². The van der Waals surface area contributed by atoms with Crippen LogP contribution in [0.5, 0.6) is 0 Å². The van der Waals surface area contributed by atoms with Crippen molar-refractivity contribution in [2.45, 2.75) is 25.8 Å². The van der Waals surface area contributed by atoms with E-state index in [2.05, 4.69) is 4.90 Å². The molecule has 2 atom stereocenters. The van der Waals surface area contributed by atoms with E-state index in [1.54, 1.807) is 12.1 Å². The average molecular weight is 245 g/mol. The number of hydrogen-bond donors (Lipinski definition) is 1. The second kappa shape index (κ2) is 4.73. The van der Waals surface area contributed by atoms with Gasteiger partial charge in [0, 0.05) is 19.6 Å². The third kappa shape index (κ3) is 2.15. The van der Waals surface area contributed by atoms with Crippen LogP contribution >= 0.6 is 0 Å². The number of fused-ring (bicyclic) bond motifs is 1. The molecule has 1 aromatic rings. The standard InChI is InChI=1S/C15H19NO2/c17-15(18)14-7-2-1-4-13(14)10-16-8-11-5-3-6-12(11)9-16/h1-2,4,7,11-12H,3,5-6,8-10H2,(H,17,18). The predicted molar refractivity (Wildman–Crippen MR) is 69.5 cm³/mol. The Morgan fingerprint density at radius 3 is 2.56 bits per heavy atom. The molecule has 1 heterocycles. The summed E-state index contributed by atoms with van der Waals surface area (Å²) in [5.74, 6) is 0.911. The van der Waals surface area contributed by atoms with E-state index in [-0.39, 0.29) is 0 Å². The van der Waals surface area contributed by atoms with Gasteiger partial charge < -0.3 is 5.11 Å². The van der Waals surface area contributed by atoms with E-state index >= 15 is 0 Å². The molecule has 1 saturated heterocycles. The van der Waals surface area contributed by atoms with Gasteiger partial charge in [-0.05, 0) is 36.3 Å². The Balaban J connectivity index is 1.72. The molecule has 1 aromatic carbocycles. The lowest BCUT2D eigenvalue weighted by atomic mass is 10.0. The molecular weight excluding hydrogens is 226 g/mol. The summed E-state index contributed by atoms with van der Waals surface area (Å²) in [6, 6.07) is 7.37. The van der Waals surface area contributed by atoms with Crippen molar-refractivity contribution in [2.75, 3.05) is 13.1 Å². The van der Waals surface area contributed by atoms with Crippen LogP contribution in [0.1, 0.15) is 35.2 Å². The Hall–Kier alpha value is -1.35. The first-order chi connectivity index (χ1) is 8.74. The maximum absolute atomic E-state index is 11.2. The van der Waals surface area contributed by atoms with Crippen molar-refractivity contribution in [3.63, 3.8) is 0 Å². The molecule has 0 radical (unpaired) electrons. The third-order valence-electron chi connectivity index (χ3n) is 4.44. The second-order valence-corrected chi connectivity index (χ2v) is 5.61. The average Bonchev–Trinajstić information content (AvgIpc) is 2.90. The van der Waals surface area contributed by atoms with Gasteiger partial charge in [0.05, 0.1) is 5.56 Å². The van der Waals surface area contributed by atoms with Crippen LogP contribution < -0.4 is 0 Å². The minimum Gasteiger partial charge on any atom is -0.478 e. The number of aromatic carboxylic acids is 1. The largest absolute Gasteiger partial charge is 0.478 e. The molecule has 0 amide bonds. The van der Waals surface area contributed by atoms with E-state index in [9.17, 15) is 9.90 Å². The van der Waals surface area contributed by atoms with E-state index < -0.39 is 5.97 Å². The molecule has 1 aliphatic carbocycles. The predicted octanol–water partition coefficient (Wildman–Crippen LogP) is 2.62. The third-order valence-corrected chi connectivity index (χ3v) is 4.44. The number of nitrogens with zero attached hydrogens (tertiary/aromatic N) is 1. The normalized spacial score (nSPS) is 27.3. The van der Waals surface area contributed by atoms with Crippen molar-refractivity contribution < 1.29 is 9.90 Å². The van der Waals surface area contributed by atoms with Crippen molar-refractivity contribution in [3.05, 3.63) is 35.4 Å². The fourth-order valence-electron chi connectivity index (χ4n) is 3.57. The van der Waals surface area contributed by atoms with Gasteiger partial charge in [0.15, 0.2) is 0 Å². The molecule has 1 aliphatic heterocycles. The van der Waals surface area contributed by atoms with Gasteiger partial charge in [-0.2, -0.15) is 0 Å². The van der Waals surface area contributed by atoms with E-state index in [0.29, 0.717) is 5.56 Å². The molecule has 0 aromatic heterocycles. The Bertz CT molecular complexity index is 446. The summed E-state index contributed by atoms with van der Waals surface area (Å²) in [6.07, 6.45) is 4.11. The summed E-state index contributed by atoms with van der Waals surface area (Å²) in [4.78, 5) is 13.6. The van der Waals surface area contributed by atoms with Crippen LogP contribution in [0.15, 0.2) is 24.3 Å². The van der Waals surface area contributed by atoms with Crippen molar-refractivity contribution in [3.8, 4) is 0 Å². The van der Waals surface area contributed by atoms with Crippen LogP contribution in [-0.2, 0) is 6.54 Å². The Labute approximate surface area is 107 Å². The first-order valence-corrected chi connectivity index (χ1v) is 6.77. The first kappa shape index (κ1) is 11.7. The summed E-state index contributed by atoms with van der Waals surface area (Å²) in [5, 5.41) is 9.18. The highest BCUT2D eigenvalue weighted by Crippen LogP contribution is 2.38. The number of carboxylic acids is 1. The highest BCUT2D eigenvalue weighted by Gasteiger charge is 2.35. The molecular formula is C15H19NO2. The molecule has 2 unspecified atom stereocenters. The van der Waals surface area contributed by atoms with Gasteiger partial charge in [-0.15, -0.1) is 0 Å². The zero-order valence-electron chi connectivity index (χ0n) is 10.5. The fraction of sp³-hybridized carbons (Fsp3) is 0.533. The summed E-state index contributed by atoms with van der Waals surface area (Å²) < 4.78 is 0. The van der Waals surface area contributed by atoms with Gasteiger partial charge in [0.1, 0.15) is 0 Å². The zero-order valence-corrected chi connectivity index (χ0v) is 10.5. The topological polar surface area (TPSA) is 40.5 Å². The van der Waals surface area contributed by atoms with E-state index in [1.807, 2.05) is 12.1 Å². The molecule has 3 heteroatoms. The molecule has 18 heavy (non-hydrogen) atoms. The minimum absolute atomic E-state index is 0.453. The highest BCUT2D eigenvalue weighted by atomic mass is 16.4. The molecule has 3 nitrogen and oxygen atoms in total. The summed E-state index contributed by atoms with van der Waals surface area (Å²) in [6.45, 7) is 3.09. The number of rotatable bonds is 3. The second-order valence-electron chi connectivity index (χ2n) is 5.61. The van der Waals surface area contributed by atoms with Crippen molar-refractivity contribution in [1.82, 2.24) is 4.90 Å². The van der Waals surface area contributed by atoms with Crippen molar-refractivity contribution >= 4 is 5.97 Å². The van der Waals surface area contributed by atoms with E-state index in [0.717, 1.165) is 37.0 Å². The molecule has 0 spiro atoms. The lowest BCUT2D eigenvalue weighted by Gasteiger charge is -2.17. The number of carboxylic acid groups (broad SMARTS) is 1. The monoisotopic (exact) mass is 245 g/mol. The fourth-order valence-corrected chi connectivity index (χ4v) is 3.57. The minimum atomic E-state index is -0.815. The maximum atomic E-state index is 11.2. The molecule has 2 fully saturated rings. The lowest BCUT2D eigenvalue weighted by Crippen LogP contribution is -2.22. The van der Waals surface area contributed by atoms with E-state index in [4.69, 9.17) is 0 Å². The smallest absolute Gasteiger partial charge is 0.336 e. The van der Waals surface area contributed by atoms with Gasteiger partial charge >= 0.3 is 5.97 Å². The molecule has 0 bridgehead atoms. The van der Waals surface area contributed by atoms with Crippen LogP contribution in [0.3, 0.4) is 0 Å². The van der Waals surface area contributed by atoms with Gasteiger partial charge in [-0.3, -0.25) is 4.90 Å². The quantitative estimate of drug-likeness (QED) is 0.890. The Morgan fingerprint density at radius 2 is 1.89 bits per heavy atom. The Morgan fingerprint density at radius 1 is 1.22 bits per heavy atom. The summed E-state index contributed by atoms with van der Waals surface area (Å²) in [5.41, 5.74) is 1.40. The zero-order chi connectivity index (χ0) is 12.5. The van der Waals surface area contributed by atoms with Crippen LogP contribution in [-0.4, -0.2) is 29.1 Å². The van der Waals surface area contributed by atoms with Gasteiger partial charge in [-0.25, -0.2) is 4.79 Å².